The fourth-order valence-electron chi connectivity index (χ4n) is 5.46. The zero-order chi connectivity index (χ0) is 29.9. The monoisotopic (exact) mass is 587 g/mol. The number of piperidine rings is 1. The Hall–Kier alpha value is -2.92. The smallest absolute Gasteiger partial charge is 0.408 e. The van der Waals surface area contributed by atoms with Gasteiger partial charge in [-0.3, -0.25) is 19.3 Å². The maximum absolute atomic E-state index is 13.3. The Morgan fingerprint density at radius 1 is 1.07 bits per heavy atom. The summed E-state index contributed by atoms with van der Waals surface area (Å²) in [6.45, 7) is 12.9. The topological polar surface area (TPSA) is 114 Å². The SMILES string of the molecule is CC(C)(C)OC(=O)N[C@H]1CCCC[C@@H]1Oc1ccc2c(c1)CN(C1CCC(=O)N(COCC[Si-](C)(C)C)C1=O)C2=O. The number of imide groups is 1. The fraction of sp³-hybridized carbons (Fsp3) is 0.667. The van der Waals surface area contributed by atoms with Crippen LogP contribution in [0.2, 0.25) is 25.7 Å². The van der Waals surface area contributed by atoms with E-state index in [2.05, 4.69) is 25.0 Å². The molecule has 10 nitrogen and oxygen atoms in total. The largest absolute Gasteiger partial charge is 0.488 e. The van der Waals surface area contributed by atoms with Gasteiger partial charge in [-0.05, 0) is 70.2 Å². The normalized spacial score (nSPS) is 23.5. The first-order valence-corrected chi connectivity index (χ1v) is 18.4. The van der Waals surface area contributed by atoms with Gasteiger partial charge in [-0.25, -0.2) is 4.79 Å². The van der Waals surface area contributed by atoms with Gasteiger partial charge in [-0.1, -0.05) is 6.42 Å². The van der Waals surface area contributed by atoms with Crippen molar-refractivity contribution < 1.29 is 33.4 Å². The maximum Gasteiger partial charge on any atom is 0.408 e. The van der Waals surface area contributed by atoms with Gasteiger partial charge in [0.15, 0.2) is 0 Å². The second-order valence-electron chi connectivity index (χ2n) is 13.5. The van der Waals surface area contributed by atoms with E-state index in [-0.39, 0.29) is 49.6 Å². The third kappa shape index (κ3) is 8.09. The molecule has 3 aliphatic rings. The molecule has 1 aromatic carbocycles. The molecule has 0 aromatic heterocycles. The van der Waals surface area contributed by atoms with Crippen LogP contribution >= 0.6 is 0 Å². The van der Waals surface area contributed by atoms with E-state index in [9.17, 15) is 19.2 Å². The third-order valence-corrected chi connectivity index (χ3v) is 9.38. The number of nitrogens with one attached hydrogen (secondary N) is 1. The van der Waals surface area contributed by atoms with E-state index in [0.29, 0.717) is 24.3 Å². The molecule has 2 fully saturated rings. The predicted octanol–water partition coefficient (Wildman–Crippen LogP) is 4.69. The first kappa shape index (κ1) is 31.0. The van der Waals surface area contributed by atoms with Crippen molar-refractivity contribution in [3.05, 3.63) is 29.3 Å². The first-order chi connectivity index (χ1) is 19.2. The molecule has 3 atom stereocenters. The molecule has 1 unspecified atom stereocenters. The van der Waals surface area contributed by atoms with Gasteiger partial charge in [0.1, 0.15) is 30.2 Å². The van der Waals surface area contributed by atoms with Gasteiger partial charge in [-0.15, -0.1) is 14.1 Å². The van der Waals surface area contributed by atoms with E-state index < -0.39 is 25.8 Å². The van der Waals surface area contributed by atoms with E-state index in [1.54, 1.807) is 17.0 Å². The number of hydrogen-bond acceptors (Lipinski definition) is 7. The summed E-state index contributed by atoms with van der Waals surface area (Å²) in [7, 11) is -1.30. The number of ether oxygens (including phenoxy) is 3. The molecule has 1 saturated carbocycles. The van der Waals surface area contributed by atoms with Crippen molar-refractivity contribution in [2.75, 3.05) is 13.3 Å². The molecule has 2 aliphatic heterocycles. The van der Waals surface area contributed by atoms with Crippen molar-refractivity contribution in [2.45, 2.75) is 115 Å². The average Bonchev–Trinajstić information content (AvgIpc) is 3.18. The molecular weight excluding hydrogens is 542 g/mol. The zero-order valence-electron chi connectivity index (χ0n) is 25.3. The number of alkyl carbamates (subject to hydrolysis) is 1. The molecule has 1 aromatic rings. The van der Waals surface area contributed by atoms with Crippen LogP contribution in [-0.2, 0) is 25.6 Å². The zero-order valence-corrected chi connectivity index (χ0v) is 26.3. The predicted molar refractivity (Wildman–Crippen MR) is 156 cm³/mol. The summed E-state index contributed by atoms with van der Waals surface area (Å²) in [5, 5.41) is 2.97. The van der Waals surface area contributed by atoms with E-state index in [1.165, 1.54) is 0 Å². The first-order valence-electron chi connectivity index (χ1n) is 14.7. The quantitative estimate of drug-likeness (QED) is 0.253. The number of benzene rings is 1. The van der Waals surface area contributed by atoms with Crippen molar-refractivity contribution in [1.82, 2.24) is 15.1 Å². The number of amides is 4. The Kier molecular flexibility index (Phi) is 9.48. The van der Waals surface area contributed by atoms with Gasteiger partial charge in [0.05, 0.1) is 6.04 Å². The molecule has 227 valence electrons. The Labute approximate surface area is 244 Å². The highest BCUT2D eigenvalue weighted by Gasteiger charge is 2.43. The minimum Gasteiger partial charge on any atom is -0.488 e. The molecule has 1 aliphatic carbocycles. The van der Waals surface area contributed by atoms with E-state index in [1.807, 2.05) is 26.8 Å². The Morgan fingerprint density at radius 3 is 2.51 bits per heavy atom. The molecular formula is C30H45N3O7Si-. The number of likely N-dealkylation sites (tertiary alicyclic amines) is 1. The number of carbonyl (C=O) groups excluding carboxylic acids is 4. The summed E-state index contributed by atoms with van der Waals surface area (Å²) >= 11 is 0. The van der Waals surface area contributed by atoms with Crippen molar-refractivity contribution in [1.29, 1.82) is 0 Å². The minimum absolute atomic E-state index is 0.0779. The van der Waals surface area contributed by atoms with Crippen LogP contribution in [0.4, 0.5) is 4.79 Å². The molecule has 4 amide bonds. The van der Waals surface area contributed by atoms with Gasteiger partial charge >= 0.3 is 6.09 Å². The summed E-state index contributed by atoms with van der Waals surface area (Å²) in [5.41, 5.74) is 0.729. The highest BCUT2D eigenvalue weighted by Crippen LogP contribution is 2.33. The molecule has 41 heavy (non-hydrogen) atoms. The van der Waals surface area contributed by atoms with Crippen molar-refractivity contribution >= 4 is 31.9 Å². The molecule has 11 heteroatoms. The van der Waals surface area contributed by atoms with Crippen LogP contribution in [0.5, 0.6) is 5.75 Å². The van der Waals surface area contributed by atoms with Crippen molar-refractivity contribution in [2.24, 2.45) is 0 Å². The van der Waals surface area contributed by atoms with Crippen LogP contribution in [0.1, 0.15) is 75.2 Å². The van der Waals surface area contributed by atoms with Crippen molar-refractivity contribution in [3.63, 3.8) is 0 Å². The highest BCUT2D eigenvalue weighted by molar-refractivity contribution is 6.76. The number of carbonyl (C=O) groups is 4. The number of nitrogens with zero attached hydrogens (tertiary/aromatic N) is 2. The minimum atomic E-state index is -1.30. The summed E-state index contributed by atoms with van der Waals surface area (Å²) < 4.78 is 17.5. The second-order valence-corrected chi connectivity index (χ2v) is 19.1. The number of hydrogen-bond donors (Lipinski definition) is 1. The molecule has 0 spiro atoms. The van der Waals surface area contributed by atoms with Gasteiger partial charge in [-0.2, -0.15) is 19.6 Å². The summed E-state index contributed by atoms with van der Waals surface area (Å²) in [5.74, 6) is -0.254. The van der Waals surface area contributed by atoms with Gasteiger partial charge in [0, 0.05) is 25.1 Å². The lowest BCUT2D eigenvalue weighted by atomic mass is 9.92. The summed E-state index contributed by atoms with van der Waals surface area (Å²) in [4.78, 5) is 54.3. The van der Waals surface area contributed by atoms with Crippen LogP contribution in [0.15, 0.2) is 18.2 Å². The Morgan fingerprint density at radius 2 is 1.80 bits per heavy atom. The molecule has 2 heterocycles. The van der Waals surface area contributed by atoms with E-state index in [0.717, 1.165) is 42.2 Å². The van der Waals surface area contributed by atoms with E-state index in [4.69, 9.17) is 14.2 Å². The molecule has 1 saturated heterocycles. The molecule has 1 N–H and O–H groups in total. The fourth-order valence-corrected chi connectivity index (χ4v) is 6.22. The van der Waals surface area contributed by atoms with Gasteiger partial charge in [0.2, 0.25) is 5.91 Å². The Balaban J connectivity index is 1.39. The molecule has 0 radical (unpaired) electrons. The van der Waals surface area contributed by atoms with Crippen LogP contribution in [0, 0.1) is 0 Å². The van der Waals surface area contributed by atoms with Crippen LogP contribution in [0.3, 0.4) is 0 Å². The third-order valence-electron chi connectivity index (χ3n) is 7.68. The summed E-state index contributed by atoms with van der Waals surface area (Å²) in [6.07, 6.45) is 3.39. The lowest BCUT2D eigenvalue weighted by molar-refractivity contribution is -0.158. The Bertz CT molecular complexity index is 1160. The average molecular weight is 588 g/mol. The lowest BCUT2D eigenvalue weighted by Crippen LogP contribution is -2.55. The van der Waals surface area contributed by atoms with Gasteiger partial charge in [0.25, 0.3) is 11.8 Å². The number of fused-ring (bicyclic) bond motifs is 1. The van der Waals surface area contributed by atoms with Gasteiger partial charge < -0.3 is 24.4 Å². The lowest BCUT2D eigenvalue weighted by Gasteiger charge is -2.35. The second kappa shape index (κ2) is 12.5. The van der Waals surface area contributed by atoms with Crippen LogP contribution in [-0.4, -0.2) is 78.8 Å². The van der Waals surface area contributed by atoms with Crippen LogP contribution < -0.4 is 10.1 Å². The maximum atomic E-state index is 13.3. The molecule has 4 rings (SSSR count). The van der Waals surface area contributed by atoms with Crippen LogP contribution in [0.25, 0.3) is 0 Å². The molecule has 0 bridgehead atoms. The highest BCUT2D eigenvalue weighted by atomic mass is 28.3. The van der Waals surface area contributed by atoms with Crippen molar-refractivity contribution in [3.8, 4) is 5.75 Å². The van der Waals surface area contributed by atoms with E-state index >= 15 is 0 Å². The standard InChI is InChI=1S/C30H45N3O7Si/c1-30(2,3)40-29(37)31-23-9-7-8-10-25(23)39-21-11-12-22-20(17-21)18-32(27(22)35)24-13-14-26(34)33(28(24)36)19-38-15-16-41(4,5)6/h11-12,17,23-25H,7-10,13-16,18-19H2,1-6H3,(H,31,37)/q-1/t23-,24?,25-/m0/s1. The summed E-state index contributed by atoms with van der Waals surface area (Å²) in [6, 6.07) is 5.41. The number of rotatable bonds is 9.